The van der Waals surface area contributed by atoms with Crippen molar-refractivity contribution in [3.8, 4) is 11.5 Å². The van der Waals surface area contributed by atoms with E-state index in [1.54, 1.807) is 24.3 Å². The Morgan fingerprint density at radius 3 is 2.36 bits per heavy atom. The second-order valence-corrected chi connectivity index (χ2v) is 4.72. The van der Waals surface area contributed by atoms with Crippen LogP contribution in [-0.2, 0) is 9.59 Å². The molecule has 2 aromatic rings. The van der Waals surface area contributed by atoms with Crippen molar-refractivity contribution in [1.82, 2.24) is 0 Å². The van der Waals surface area contributed by atoms with Crippen LogP contribution in [0.25, 0.3) is 0 Å². The summed E-state index contributed by atoms with van der Waals surface area (Å²) in [5.74, 6) is 0.469. The highest BCUT2D eigenvalue weighted by Crippen LogP contribution is 2.17. The number of hydrogen-bond acceptors (Lipinski definition) is 4. The molecule has 0 aliphatic carbocycles. The molecule has 0 aliphatic rings. The van der Waals surface area contributed by atoms with Crippen LogP contribution in [0, 0.1) is 6.92 Å². The average molecular weight is 299 g/mol. The summed E-state index contributed by atoms with van der Waals surface area (Å²) < 4.78 is 10.4. The highest BCUT2D eigenvalue weighted by molar-refractivity contribution is 5.91. The van der Waals surface area contributed by atoms with Crippen molar-refractivity contribution in [2.24, 2.45) is 0 Å². The van der Waals surface area contributed by atoms with Crippen LogP contribution in [0.3, 0.4) is 0 Å². The standard InChI is InChI=1S/C17H17NO4/c1-12-5-3-4-6-16(12)21-11-17(20)18-14-7-9-15(10-8-14)22-13(2)19/h3-10H,11H2,1-2H3,(H,18,20). The first-order chi connectivity index (χ1) is 10.5. The minimum Gasteiger partial charge on any atom is -0.483 e. The lowest BCUT2D eigenvalue weighted by Crippen LogP contribution is -2.20. The Kier molecular flexibility index (Phi) is 5.14. The van der Waals surface area contributed by atoms with Crippen molar-refractivity contribution in [3.05, 3.63) is 54.1 Å². The number of anilines is 1. The highest BCUT2D eigenvalue weighted by Gasteiger charge is 2.06. The molecule has 5 nitrogen and oxygen atoms in total. The smallest absolute Gasteiger partial charge is 0.308 e. The van der Waals surface area contributed by atoms with Crippen LogP contribution in [0.4, 0.5) is 5.69 Å². The third-order valence-electron chi connectivity index (χ3n) is 2.85. The van der Waals surface area contributed by atoms with Crippen molar-refractivity contribution >= 4 is 17.6 Å². The first-order valence-electron chi connectivity index (χ1n) is 6.81. The van der Waals surface area contributed by atoms with Gasteiger partial charge >= 0.3 is 5.97 Å². The quantitative estimate of drug-likeness (QED) is 0.681. The van der Waals surface area contributed by atoms with Crippen LogP contribution >= 0.6 is 0 Å². The summed E-state index contributed by atoms with van der Waals surface area (Å²) in [5, 5.41) is 2.71. The molecule has 22 heavy (non-hydrogen) atoms. The van der Waals surface area contributed by atoms with E-state index < -0.39 is 0 Å². The number of nitrogens with one attached hydrogen (secondary N) is 1. The fraction of sp³-hybridized carbons (Fsp3) is 0.176. The van der Waals surface area contributed by atoms with Gasteiger partial charge in [-0.1, -0.05) is 18.2 Å². The molecular weight excluding hydrogens is 282 g/mol. The van der Waals surface area contributed by atoms with Crippen LogP contribution in [0.2, 0.25) is 0 Å². The molecule has 0 aliphatic heterocycles. The lowest BCUT2D eigenvalue weighted by molar-refractivity contribution is -0.131. The van der Waals surface area contributed by atoms with Gasteiger partial charge in [-0.3, -0.25) is 9.59 Å². The molecule has 0 aromatic heterocycles. The van der Waals surface area contributed by atoms with Crippen LogP contribution < -0.4 is 14.8 Å². The van der Waals surface area contributed by atoms with Gasteiger partial charge in [0.2, 0.25) is 0 Å². The first kappa shape index (κ1) is 15.6. The number of benzene rings is 2. The van der Waals surface area contributed by atoms with E-state index in [-0.39, 0.29) is 18.5 Å². The van der Waals surface area contributed by atoms with E-state index in [9.17, 15) is 9.59 Å². The van der Waals surface area contributed by atoms with E-state index in [0.717, 1.165) is 5.56 Å². The molecule has 0 atom stereocenters. The van der Waals surface area contributed by atoms with Gasteiger partial charge in [-0.25, -0.2) is 0 Å². The zero-order valence-electron chi connectivity index (χ0n) is 12.5. The summed E-state index contributed by atoms with van der Waals surface area (Å²) in [6, 6.07) is 14.0. The molecule has 0 radical (unpaired) electrons. The van der Waals surface area contributed by atoms with Gasteiger partial charge in [-0.15, -0.1) is 0 Å². The molecule has 0 saturated carbocycles. The molecule has 0 heterocycles. The minimum atomic E-state index is -0.386. The van der Waals surface area contributed by atoms with Crippen LogP contribution in [0.15, 0.2) is 48.5 Å². The number of aryl methyl sites for hydroxylation is 1. The summed E-state index contributed by atoms with van der Waals surface area (Å²) >= 11 is 0. The zero-order chi connectivity index (χ0) is 15.9. The molecule has 5 heteroatoms. The molecule has 114 valence electrons. The van der Waals surface area contributed by atoms with E-state index >= 15 is 0 Å². The third kappa shape index (κ3) is 4.63. The second-order valence-electron chi connectivity index (χ2n) is 4.72. The van der Waals surface area contributed by atoms with Gasteiger partial charge in [0, 0.05) is 12.6 Å². The summed E-state index contributed by atoms with van der Waals surface area (Å²) in [7, 11) is 0. The van der Waals surface area contributed by atoms with Gasteiger partial charge in [0.05, 0.1) is 0 Å². The number of amides is 1. The lowest BCUT2D eigenvalue weighted by Gasteiger charge is -2.09. The number of hydrogen-bond donors (Lipinski definition) is 1. The normalized spacial score (nSPS) is 9.91. The molecule has 2 rings (SSSR count). The topological polar surface area (TPSA) is 64.6 Å². The number of esters is 1. The van der Waals surface area contributed by atoms with Gasteiger partial charge in [0.1, 0.15) is 11.5 Å². The number of carbonyl (C=O) groups excluding carboxylic acids is 2. The second kappa shape index (κ2) is 7.26. The van der Waals surface area contributed by atoms with Crippen LogP contribution in [0.1, 0.15) is 12.5 Å². The van der Waals surface area contributed by atoms with Gasteiger partial charge in [0.25, 0.3) is 5.91 Å². The maximum absolute atomic E-state index is 11.8. The van der Waals surface area contributed by atoms with Crippen molar-refractivity contribution in [3.63, 3.8) is 0 Å². The van der Waals surface area contributed by atoms with E-state index in [4.69, 9.17) is 9.47 Å². The first-order valence-corrected chi connectivity index (χ1v) is 6.81. The van der Waals surface area contributed by atoms with Crippen molar-refractivity contribution in [1.29, 1.82) is 0 Å². The molecule has 0 bridgehead atoms. The summed E-state index contributed by atoms with van der Waals surface area (Å²) in [6.07, 6.45) is 0. The number of rotatable bonds is 5. The average Bonchev–Trinajstić information content (AvgIpc) is 2.48. The molecule has 1 amide bonds. The Hall–Kier alpha value is -2.82. The number of carbonyl (C=O) groups is 2. The Morgan fingerprint density at radius 1 is 1.05 bits per heavy atom. The molecular formula is C17H17NO4. The molecule has 2 aromatic carbocycles. The van der Waals surface area contributed by atoms with Crippen LogP contribution in [0.5, 0.6) is 11.5 Å². The fourth-order valence-corrected chi connectivity index (χ4v) is 1.83. The molecule has 0 saturated heterocycles. The maximum atomic E-state index is 11.8. The highest BCUT2D eigenvalue weighted by atomic mass is 16.5. The van der Waals surface area contributed by atoms with E-state index in [1.807, 2.05) is 31.2 Å². The summed E-state index contributed by atoms with van der Waals surface area (Å²) in [4.78, 5) is 22.7. The van der Waals surface area contributed by atoms with Gasteiger partial charge < -0.3 is 14.8 Å². The number of ether oxygens (including phenoxy) is 2. The molecule has 0 spiro atoms. The summed E-state index contributed by atoms with van der Waals surface area (Å²) in [6.45, 7) is 3.18. The minimum absolute atomic E-state index is 0.0729. The van der Waals surface area contributed by atoms with Crippen LogP contribution in [-0.4, -0.2) is 18.5 Å². The summed E-state index contributed by atoms with van der Waals surface area (Å²) in [5.41, 5.74) is 1.58. The molecule has 1 N–H and O–H groups in total. The van der Waals surface area contributed by atoms with E-state index in [2.05, 4.69) is 5.32 Å². The van der Waals surface area contributed by atoms with E-state index in [1.165, 1.54) is 6.92 Å². The van der Waals surface area contributed by atoms with Gasteiger partial charge in [-0.2, -0.15) is 0 Å². The predicted molar refractivity (Wildman–Crippen MR) is 83.1 cm³/mol. The largest absolute Gasteiger partial charge is 0.483 e. The molecule has 0 fully saturated rings. The third-order valence-corrected chi connectivity index (χ3v) is 2.85. The monoisotopic (exact) mass is 299 g/mol. The number of para-hydroxylation sites is 1. The fourth-order valence-electron chi connectivity index (χ4n) is 1.83. The Labute approximate surface area is 128 Å². The van der Waals surface area contributed by atoms with Crippen molar-refractivity contribution in [2.45, 2.75) is 13.8 Å². The predicted octanol–water partition coefficient (Wildman–Crippen LogP) is 2.94. The molecule has 0 unspecified atom stereocenters. The Balaban J connectivity index is 1.87. The lowest BCUT2D eigenvalue weighted by atomic mass is 10.2. The van der Waals surface area contributed by atoms with Crippen molar-refractivity contribution in [2.75, 3.05) is 11.9 Å². The van der Waals surface area contributed by atoms with Gasteiger partial charge in [0.15, 0.2) is 6.61 Å². The Bertz CT molecular complexity index is 665. The SMILES string of the molecule is CC(=O)Oc1ccc(NC(=O)COc2ccccc2C)cc1. The van der Waals surface area contributed by atoms with Crippen molar-refractivity contribution < 1.29 is 19.1 Å². The van der Waals surface area contributed by atoms with Gasteiger partial charge in [-0.05, 0) is 42.8 Å². The maximum Gasteiger partial charge on any atom is 0.308 e. The zero-order valence-corrected chi connectivity index (χ0v) is 12.5. The Morgan fingerprint density at radius 2 is 1.73 bits per heavy atom. The van der Waals surface area contributed by atoms with E-state index in [0.29, 0.717) is 17.2 Å².